The Balaban J connectivity index is 1.83. The predicted octanol–water partition coefficient (Wildman–Crippen LogP) is 3.95. The summed E-state index contributed by atoms with van der Waals surface area (Å²) in [6.07, 6.45) is 1.44. The summed E-state index contributed by atoms with van der Waals surface area (Å²) in [7, 11) is 0. The third kappa shape index (κ3) is 3.82. The average Bonchev–Trinajstić information content (AvgIpc) is 3.04. The maximum atomic E-state index is 12.4. The smallest absolute Gasteiger partial charge is 0.268 e. The number of hydrogen-bond acceptors (Lipinski definition) is 6. The van der Waals surface area contributed by atoms with Crippen molar-refractivity contribution in [3.8, 4) is 17.6 Å². The maximum absolute atomic E-state index is 12.4. The third-order valence-electron chi connectivity index (χ3n) is 3.47. The van der Waals surface area contributed by atoms with Gasteiger partial charge in [-0.1, -0.05) is 29.5 Å². The Hall–Kier alpha value is -3.37. The molecule has 0 unspecified atom stereocenters. The van der Waals surface area contributed by atoms with E-state index < -0.39 is 5.91 Å². The molecule has 26 heavy (non-hydrogen) atoms. The van der Waals surface area contributed by atoms with Gasteiger partial charge in [0.15, 0.2) is 16.6 Å². The predicted molar refractivity (Wildman–Crippen MR) is 101 cm³/mol. The van der Waals surface area contributed by atoms with Gasteiger partial charge in [0.2, 0.25) is 0 Å². The van der Waals surface area contributed by atoms with Gasteiger partial charge < -0.3 is 9.84 Å². The number of nitrogens with one attached hydrogen (secondary N) is 1. The quantitative estimate of drug-likeness (QED) is 0.527. The molecule has 130 valence electrons. The summed E-state index contributed by atoms with van der Waals surface area (Å²) in [5.41, 5.74) is 1.29. The number of ether oxygens (including phenoxy) is 1. The second-order valence-corrected chi connectivity index (χ2v) is 6.30. The van der Waals surface area contributed by atoms with Crippen molar-refractivity contribution in [2.45, 2.75) is 6.92 Å². The molecule has 0 aliphatic carbocycles. The number of carbonyl (C=O) groups excluding carboxylic acids is 1. The van der Waals surface area contributed by atoms with Gasteiger partial charge in [-0.25, -0.2) is 4.98 Å². The number of amides is 1. The van der Waals surface area contributed by atoms with Crippen LogP contribution in [0.15, 0.2) is 48.0 Å². The lowest BCUT2D eigenvalue weighted by atomic mass is 10.1. The van der Waals surface area contributed by atoms with Gasteiger partial charge in [0, 0.05) is 0 Å². The van der Waals surface area contributed by atoms with E-state index in [4.69, 9.17) is 4.74 Å². The van der Waals surface area contributed by atoms with Gasteiger partial charge in [0.1, 0.15) is 11.6 Å². The fourth-order valence-corrected chi connectivity index (χ4v) is 3.16. The number of benzene rings is 2. The highest BCUT2D eigenvalue weighted by atomic mass is 32.1. The highest BCUT2D eigenvalue weighted by Crippen LogP contribution is 2.28. The molecule has 0 atom stereocenters. The summed E-state index contributed by atoms with van der Waals surface area (Å²) in [6.45, 7) is 2.19. The lowest BCUT2D eigenvalue weighted by molar-refractivity contribution is -0.112. The Morgan fingerprint density at radius 3 is 2.92 bits per heavy atom. The van der Waals surface area contributed by atoms with E-state index in [9.17, 15) is 15.2 Å². The zero-order valence-electron chi connectivity index (χ0n) is 13.9. The van der Waals surface area contributed by atoms with Gasteiger partial charge in [0.25, 0.3) is 5.91 Å². The molecule has 6 nitrogen and oxygen atoms in total. The second kappa shape index (κ2) is 7.68. The number of anilines is 1. The number of nitriles is 1. The van der Waals surface area contributed by atoms with E-state index in [0.717, 1.165) is 10.2 Å². The fraction of sp³-hybridized carbons (Fsp3) is 0.105. The minimum atomic E-state index is -0.544. The monoisotopic (exact) mass is 365 g/mol. The van der Waals surface area contributed by atoms with Gasteiger partial charge in [-0.3, -0.25) is 10.1 Å². The van der Waals surface area contributed by atoms with Crippen molar-refractivity contribution in [2.75, 3.05) is 11.9 Å². The van der Waals surface area contributed by atoms with Gasteiger partial charge >= 0.3 is 0 Å². The van der Waals surface area contributed by atoms with Crippen LogP contribution in [0.25, 0.3) is 16.3 Å². The zero-order valence-corrected chi connectivity index (χ0v) is 14.7. The summed E-state index contributed by atoms with van der Waals surface area (Å²) in [4.78, 5) is 16.7. The Kier molecular flexibility index (Phi) is 5.15. The molecular formula is C19H15N3O3S. The number of rotatable bonds is 5. The minimum Gasteiger partial charge on any atom is -0.504 e. The highest BCUT2D eigenvalue weighted by Gasteiger charge is 2.13. The molecule has 1 heterocycles. The van der Waals surface area contributed by atoms with Crippen LogP contribution in [-0.4, -0.2) is 22.6 Å². The second-order valence-electron chi connectivity index (χ2n) is 5.27. The number of para-hydroxylation sites is 1. The van der Waals surface area contributed by atoms with E-state index in [-0.39, 0.29) is 11.3 Å². The fourth-order valence-electron chi connectivity index (χ4n) is 2.30. The maximum Gasteiger partial charge on any atom is 0.268 e. The molecule has 1 aromatic heterocycles. The van der Waals surface area contributed by atoms with Gasteiger partial charge in [-0.2, -0.15) is 5.26 Å². The summed E-state index contributed by atoms with van der Waals surface area (Å²) in [5.74, 6) is -0.246. The molecule has 0 saturated carbocycles. The molecule has 0 fully saturated rings. The van der Waals surface area contributed by atoms with Crippen LogP contribution in [-0.2, 0) is 4.79 Å². The number of aromatic hydroxyl groups is 1. The number of thiazole rings is 1. The van der Waals surface area contributed by atoms with Gasteiger partial charge in [-0.15, -0.1) is 0 Å². The zero-order chi connectivity index (χ0) is 18.5. The van der Waals surface area contributed by atoms with Crippen molar-refractivity contribution >= 4 is 38.7 Å². The van der Waals surface area contributed by atoms with Gasteiger partial charge in [-0.05, 0) is 42.8 Å². The summed E-state index contributed by atoms with van der Waals surface area (Å²) in [6, 6.07) is 14.1. The van der Waals surface area contributed by atoms with Crippen LogP contribution in [0.5, 0.6) is 11.5 Å². The number of carbonyl (C=O) groups is 1. The van der Waals surface area contributed by atoms with Gasteiger partial charge in [0.05, 0.1) is 16.8 Å². The van der Waals surface area contributed by atoms with Crippen molar-refractivity contribution < 1.29 is 14.6 Å². The summed E-state index contributed by atoms with van der Waals surface area (Å²) < 4.78 is 6.26. The summed E-state index contributed by atoms with van der Waals surface area (Å²) >= 11 is 1.34. The topological polar surface area (TPSA) is 95.2 Å². The van der Waals surface area contributed by atoms with E-state index in [2.05, 4.69) is 10.3 Å². The van der Waals surface area contributed by atoms with E-state index in [0.29, 0.717) is 23.1 Å². The van der Waals surface area contributed by atoms with Crippen molar-refractivity contribution in [1.29, 1.82) is 5.26 Å². The largest absolute Gasteiger partial charge is 0.504 e. The Labute approximate surface area is 154 Å². The molecule has 0 radical (unpaired) electrons. The number of fused-ring (bicyclic) bond motifs is 1. The molecular weight excluding hydrogens is 350 g/mol. The van der Waals surface area contributed by atoms with Crippen LogP contribution in [0.4, 0.5) is 5.13 Å². The third-order valence-corrected chi connectivity index (χ3v) is 4.43. The van der Waals surface area contributed by atoms with Crippen LogP contribution in [0.2, 0.25) is 0 Å². The highest BCUT2D eigenvalue weighted by molar-refractivity contribution is 7.22. The number of phenolic OH excluding ortho intramolecular Hbond substituents is 1. The minimum absolute atomic E-state index is 0.00133. The number of hydrogen-bond donors (Lipinski definition) is 2. The van der Waals surface area contributed by atoms with Crippen molar-refractivity contribution in [3.63, 3.8) is 0 Å². The summed E-state index contributed by atoms with van der Waals surface area (Å²) in [5, 5.41) is 22.1. The first-order valence-electron chi connectivity index (χ1n) is 7.85. The molecule has 0 saturated heterocycles. The first-order chi connectivity index (χ1) is 12.6. The molecule has 0 bridgehead atoms. The van der Waals surface area contributed by atoms with E-state index >= 15 is 0 Å². The van der Waals surface area contributed by atoms with Crippen molar-refractivity contribution in [2.24, 2.45) is 0 Å². The molecule has 2 N–H and O–H groups in total. The van der Waals surface area contributed by atoms with Crippen LogP contribution >= 0.6 is 11.3 Å². The standard InChI is InChI=1S/C19H15N3O3S/c1-2-25-16-10-12(7-8-15(16)23)9-13(11-20)18(24)22-19-21-14-5-3-4-6-17(14)26-19/h3-10,23H,2H2,1H3,(H,21,22,24)/b13-9+. The number of aromatic nitrogens is 1. The van der Waals surface area contributed by atoms with E-state index in [1.807, 2.05) is 30.3 Å². The lowest BCUT2D eigenvalue weighted by Gasteiger charge is -2.06. The lowest BCUT2D eigenvalue weighted by Crippen LogP contribution is -2.13. The molecule has 2 aromatic carbocycles. The molecule has 0 aliphatic rings. The normalized spacial score (nSPS) is 11.2. The molecule has 0 spiro atoms. The average molecular weight is 365 g/mol. The van der Waals surface area contributed by atoms with Crippen LogP contribution in [0.1, 0.15) is 12.5 Å². The Morgan fingerprint density at radius 2 is 2.19 bits per heavy atom. The van der Waals surface area contributed by atoms with Crippen molar-refractivity contribution in [3.05, 3.63) is 53.6 Å². The Bertz CT molecular complexity index is 1000. The molecule has 7 heteroatoms. The van der Waals surface area contributed by atoms with E-state index in [1.54, 1.807) is 19.1 Å². The molecule has 1 amide bonds. The van der Waals surface area contributed by atoms with Crippen molar-refractivity contribution in [1.82, 2.24) is 4.98 Å². The van der Waals surface area contributed by atoms with Crippen LogP contribution in [0.3, 0.4) is 0 Å². The molecule has 3 rings (SSSR count). The molecule has 0 aliphatic heterocycles. The van der Waals surface area contributed by atoms with E-state index in [1.165, 1.54) is 23.5 Å². The molecule has 3 aromatic rings. The van der Waals surface area contributed by atoms with Crippen LogP contribution in [0, 0.1) is 11.3 Å². The number of phenols is 1. The SMILES string of the molecule is CCOc1cc(/C=C(\C#N)C(=O)Nc2nc3ccccc3s2)ccc1O. The first-order valence-corrected chi connectivity index (χ1v) is 8.67. The number of nitrogens with zero attached hydrogens (tertiary/aromatic N) is 2. The first kappa shape index (κ1) is 17.5. The van der Waals surface area contributed by atoms with Crippen LogP contribution < -0.4 is 10.1 Å². The Morgan fingerprint density at radius 1 is 1.38 bits per heavy atom.